The summed E-state index contributed by atoms with van der Waals surface area (Å²) in [6.07, 6.45) is -3.79. The third-order valence-corrected chi connectivity index (χ3v) is 4.18. The van der Waals surface area contributed by atoms with Crippen LogP contribution < -0.4 is 20.1 Å². The highest BCUT2D eigenvalue weighted by Crippen LogP contribution is 2.26. The number of carbonyl (C=O) groups excluding carboxylic acids is 1. The average molecular weight is 448 g/mol. The van der Waals surface area contributed by atoms with E-state index in [9.17, 15) is 31.9 Å². The largest absolute Gasteiger partial charge is 0.573 e. The van der Waals surface area contributed by atoms with Crippen molar-refractivity contribution in [1.29, 1.82) is 0 Å². The van der Waals surface area contributed by atoms with Crippen LogP contribution in [0.15, 0.2) is 36.4 Å². The van der Waals surface area contributed by atoms with Crippen molar-refractivity contribution in [3.8, 4) is 11.5 Å². The van der Waals surface area contributed by atoms with E-state index in [1.54, 1.807) is 0 Å². The molecule has 0 bridgehead atoms. The number of halogens is 5. The molecule has 6 nitrogen and oxygen atoms in total. The average Bonchev–Trinajstić information content (AvgIpc) is 2.67. The summed E-state index contributed by atoms with van der Waals surface area (Å²) in [7, 11) is 0. The zero-order valence-corrected chi connectivity index (χ0v) is 16.3. The third-order valence-electron chi connectivity index (χ3n) is 4.18. The molecule has 170 valence electrons. The standard InChI is InChI=1S/C20H21F5N2O4/c21-15-7-8-16(18(22)17(15)19(26)29)27(10-11-28)9-1-2-12-30-13-3-5-14(6-4-13)31-20(23,24)25/h3-8,28H,1-2,9-12H2,(H2,26,29). The molecule has 2 aromatic rings. The Kier molecular flexibility index (Phi) is 8.43. The maximum absolute atomic E-state index is 14.5. The van der Waals surface area contributed by atoms with E-state index >= 15 is 0 Å². The molecular weight excluding hydrogens is 427 g/mol. The number of rotatable bonds is 11. The molecule has 0 aliphatic heterocycles. The minimum absolute atomic E-state index is 0.0439. The molecule has 0 unspecified atom stereocenters. The molecule has 3 N–H and O–H groups in total. The summed E-state index contributed by atoms with van der Waals surface area (Å²) in [5.74, 6) is -3.43. The third kappa shape index (κ3) is 7.28. The van der Waals surface area contributed by atoms with Crippen molar-refractivity contribution in [2.75, 3.05) is 31.2 Å². The SMILES string of the molecule is NC(=O)c1c(F)ccc(N(CCO)CCCCOc2ccc(OC(F)(F)F)cc2)c1F. The molecule has 0 spiro atoms. The Bertz CT molecular complexity index is 875. The molecule has 2 rings (SSSR count). The Hall–Kier alpha value is -3.08. The summed E-state index contributed by atoms with van der Waals surface area (Å²) in [6, 6.07) is 7.00. The van der Waals surface area contributed by atoms with Crippen LogP contribution in [-0.4, -0.2) is 43.7 Å². The monoisotopic (exact) mass is 448 g/mol. The first-order valence-corrected chi connectivity index (χ1v) is 9.24. The molecule has 1 amide bonds. The quantitative estimate of drug-likeness (QED) is 0.405. The van der Waals surface area contributed by atoms with Crippen molar-refractivity contribution in [2.45, 2.75) is 19.2 Å². The molecule has 0 fully saturated rings. The minimum atomic E-state index is -4.77. The van der Waals surface area contributed by atoms with Crippen molar-refractivity contribution >= 4 is 11.6 Å². The number of anilines is 1. The number of amides is 1. The summed E-state index contributed by atoms with van der Waals surface area (Å²) < 4.78 is 73.8. The van der Waals surface area contributed by atoms with E-state index in [0.29, 0.717) is 18.6 Å². The van der Waals surface area contributed by atoms with Gasteiger partial charge in [0.05, 0.1) is 18.9 Å². The van der Waals surface area contributed by atoms with Crippen molar-refractivity contribution in [1.82, 2.24) is 0 Å². The Morgan fingerprint density at radius 1 is 1.00 bits per heavy atom. The molecule has 31 heavy (non-hydrogen) atoms. The fraction of sp³-hybridized carbons (Fsp3) is 0.350. The minimum Gasteiger partial charge on any atom is -0.494 e. The van der Waals surface area contributed by atoms with E-state index < -0.39 is 29.5 Å². The molecule has 0 aromatic heterocycles. The second kappa shape index (κ2) is 10.8. The molecule has 2 aromatic carbocycles. The van der Waals surface area contributed by atoms with Gasteiger partial charge in [0.15, 0.2) is 5.82 Å². The number of nitrogens with zero attached hydrogens (tertiary/aromatic N) is 1. The van der Waals surface area contributed by atoms with E-state index in [1.165, 1.54) is 17.0 Å². The van der Waals surface area contributed by atoms with Crippen molar-refractivity contribution in [3.05, 3.63) is 53.6 Å². The van der Waals surface area contributed by atoms with Crippen LogP contribution in [0.25, 0.3) is 0 Å². The Morgan fingerprint density at radius 2 is 1.65 bits per heavy atom. The van der Waals surface area contributed by atoms with Gasteiger partial charge in [-0.05, 0) is 49.2 Å². The maximum Gasteiger partial charge on any atom is 0.573 e. The lowest BCUT2D eigenvalue weighted by Crippen LogP contribution is -2.30. The number of hydrogen-bond donors (Lipinski definition) is 2. The summed E-state index contributed by atoms with van der Waals surface area (Å²) in [6.45, 7) is 0.238. The van der Waals surface area contributed by atoms with Crippen LogP contribution in [0.3, 0.4) is 0 Å². The number of benzene rings is 2. The highest BCUT2D eigenvalue weighted by Gasteiger charge is 2.31. The van der Waals surface area contributed by atoms with E-state index in [2.05, 4.69) is 4.74 Å². The lowest BCUT2D eigenvalue weighted by atomic mass is 10.1. The number of primary amides is 1. The number of carbonyl (C=O) groups is 1. The van der Waals surface area contributed by atoms with E-state index in [4.69, 9.17) is 10.5 Å². The van der Waals surface area contributed by atoms with Gasteiger partial charge in [0, 0.05) is 13.1 Å². The first kappa shape index (κ1) is 24.2. The highest BCUT2D eigenvalue weighted by atomic mass is 19.4. The molecule has 0 aliphatic carbocycles. The van der Waals surface area contributed by atoms with E-state index in [1.807, 2.05) is 0 Å². The lowest BCUT2D eigenvalue weighted by Gasteiger charge is -2.25. The molecule has 0 aliphatic rings. The second-order valence-corrected chi connectivity index (χ2v) is 6.41. The normalized spacial score (nSPS) is 11.3. The van der Waals surface area contributed by atoms with Gasteiger partial charge in [-0.25, -0.2) is 8.78 Å². The molecule has 0 saturated heterocycles. The van der Waals surface area contributed by atoms with Crippen LogP contribution in [0.1, 0.15) is 23.2 Å². The van der Waals surface area contributed by atoms with Crippen LogP contribution in [-0.2, 0) is 0 Å². The summed E-state index contributed by atoms with van der Waals surface area (Å²) in [4.78, 5) is 12.7. The number of aliphatic hydroxyl groups is 1. The van der Waals surface area contributed by atoms with Gasteiger partial charge in [-0.1, -0.05) is 0 Å². The molecule has 0 atom stereocenters. The van der Waals surface area contributed by atoms with Gasteiger partial charge in [-0.15, -0.1) is 13.2 Å². The predicted molar refractivity (Wildman–Crippen MR) is 102 cm³/mol. The van der Waals surface area contributed by atoms with Gasteiger partial charge in [0.25, 0.3) is 5.91 Å². The van der Waals surface area contributed by atoms with Crippen LogP contribution in [0.4, 0.5) is 27.6 Å². The van der Waals surface area contributed by atoms with E-state index in [0.717, 1.165) is 24.3 Å². The number of ether oxygens (including phenoxy) is 2. The second-order valence-electron chi connectivity index (χ2n) is 6.41. The summed E-state index contributed by atoms with van der Waals surface area (Å²) in [5, 5.41) is 9.23. The zero-order valence-electron chi connectivity index (χ0n) is 16.3. The van der Waals surface area contributed by atoms with E-state index in [-0.39, 0.29) is 37.7 Å². The maximum atomic E-state index is 14.5. The fourth-order valence-electron chi connectivity index (χ4n) is 2.82. The van der Waals surface area contributed by atoms with Crippen molar-refractivity contribution in [2.24, 2.45) is 5.73 Å². The van der Waals surface area contributed by atoms with Crippen LogP contribution >= 0.6 is 0 Å². The van der Waals surface area contributed by atoms with Gasteiger partial charge in [-0.3, -0.25) is 4.79 Å². The van der Waals surface area contributed by atoms with Crippen LogP contribution in [0.2, 0.25) is 0 Å². The zero-order chi connectivity index (χ0) is 23.0. The molecule has 0 heterocycles. The van der Waals surface area contributed by atoms with Crippen LogP contribution in [0.5, 0.6) is 11.5 Å². The topological polar surface area (TPSA) is 85.0 Å². The Balaban J connectivity index is 1.88. The molecule has 0 saturated carbocycles. The first-order valence-electron chi connectivity index (χ1n) is 9.24. The molecular formula is C20H21F5N2O4. The van der Waals surface area contributed by atoms with Gasteiger partial charge in [0.2, 0.25) is 0 Å². The first-order chi connectivity index (χ1) is 14.6. The Morgan fingerprint density at radius 3 is 2.23 bits per heavy atom. The van der Waals surface area contributed by atoms with Crippen molar-refractivity contribution in [3.63, 3.8) is 0 Å². The van der Waals surface area contributed by atoms with Gasteiger partial charge in [-0.2, -0.15) is 0 Å². The summed E-state index contributed by atoms with van der Waals surface area (Å²) >= 11 is 0. The van der Waals surface area contributed by atoms with Crippen LogP contribution in [0, 0.1) is 11.6 Å². The molecule has 11 heteroatoms. The number of hydrogen-bond acceptors (Lipinski definition) is 5. The highest BCUT2D eigenvalue weighted by molar-refractivity contribution is 5.94. The number of nitrogens with two attached hydrogens (primary N) is 1. The lowest BCUT2D eigenvalue weighted by molar-refractivity contribution is -0.274. The predicted octanol–water partition coefficient (Wildman–Crippen LogP) is 3.62. The number of alkyl halides is 3. The van der Waals surface area contributed by atoms with Gasteiger partial charge >= 0.3 is 6.36 Å². The fourth-order valence-corrected chi connectivity index (χ4v) is 2.82. The summed E-state index contributed by atoms with van der Waals surface area (Å²) in [5.41, 5.74) is 4.12. The molecule has 0 radical (unpaired) electrons. The van der Waals surface area contributed by atoms with Gasteiger partial charge in [0.1, 0.15) is 22.9 Å². The smallest absolute Gasteiger partial charge is 0.494 e. The Labute approximate surface area is 175 Å². The number of aliphatic hydroxyl groups excluding tert-OH is 1. The number of unbranched alkanes of at least 4 members (excludes halogenated alkanes) is 1. The van der Waals surface area contributed by atoms with Gasteiger partial charge < -0.3 is 25.2 Å². The van der Waals surface area contributed by atoms with Crippen molar-refractivity contribution < 1.29 is 41.3 Å².